The van der Waals surface area contributed by atoms with Gasteiger partial charge in [0.05, 0.1) is 0 Å². The molecule has 0 spiro atoms. The minimum Gasteiger partial charge on any atom is -0.370 e. The number of nitrogens with one attached hydrogen (secondary N) is 1. The molecule has 0 atom stereocenters. The largest absolute Gasteiger partial charge is 0.370 e. The fourth-order valence-electron chi connectivity index (χ4n) is 3.55. The fourth-order valence-corrected chi connectivity index (χ4v) is 3.55. The third-order valence-corrected chi connectivity index (χ3v) is 5.20. The van der Waals surface area contributed by atoms with Gasteiger partial charge in [0.15, 0.2) is 11.5 Å². The van der Waals surface area contributed by atoms with Gasteiger partial charge in [-0.3, -0.25) is 4.79 Å². The third-order valence-electron chi connectivity index (χ3n) is 5.20. The lowest BCUT2D eigenvalue weighted by molar-refractivity contribution is -0.127. The number of hydrogen-bond acceptors (Lipinski definition) is 5. The molecule has 0 saturated carbocycles. The number of imidazole rings is 1. The Labute approximate surface area is 158 Å². The average molecular weight is 367 g/mol. The van der Waals surface area contributed by atoms with Crippen molar-refractivity contribution in [3.63, 3.8) is 0 Å². The summed E-state index contributed by atoms with van der Waals surface area (Å²) in [4.78, 5) is 22.7. The molecule has 142 valence electrons. The third kappa shape index (κ3) is 3.27. The molecule has 3 aromatic rings. The monoisotopic (exact) mass is 367 g/mol. The highest BCUT2D eigenvalue weighted by atomic mass is 16.2. The summed E-state index contributed by atoms with van der Waals surface area (Å²) in [6, 6.07) is 1.96. The van der Waals surface area contributed by atoms with Crippen molar-refractivity contribution in [2.75, 3.05) is 25.0 Å². The molecule has 0 unspecified atom stereocenters. The van der Waals surface area contributed by atoms with E-state index in [1.165, 1.54) is 0 Å². The minimum absolute atomic E-state index is 0.278. The topological polar surface area (TPSA) is 80.4 Å². The van der Waals surface area contributed by atoms with Crippen molar-refractivity contribution in [1.82, 2.24) is 29.0 Å². The molecule has 4 heterocycles. The van der Waals surface area contributed by atoms with Gasteiger partial charge in [0.25, 0.3) is 0 Å². The van der Waals surface area contributed by atoms with Crippen LogP contribution in [-0.4, -0.2) is 54.6 Å². The lowest BCUT2D eigenvalue weighted by atomic mass is 10.2. The van der Waals surface area contributed by atoms with E-state index in [2.05, 4.69) is 22.2 Å². The molecule has 4 rings (SSSR count). The van der Waals surface area contributed by atoms with Gasteiger partial charge >= 0.3 is 0 Å². The first-order valence-corrected chi connectivity index (χ1v) is 9.41. The van der Waals surface area contributed by atoms with Crippen molar-refractivity contribution in [3.8, 4) is 11.5 Å². The van der Waals surface area contributed by atoms with Crippen molar-refractivity contribution >= 4 is 17.4 Å². The highest BCUT2D eigenvalue weighted by molar-refractivity contribution is 5.78. The van der Waals surface area contributed by atoms with E-state index < -0.39 is 0 Å². The van der Waals surface area contributed by atoms with Gasteiger partial charge in [-0.15, -0.1) is 0 Å². The molecule has 8 heteroatoms. The fraction of sp³-hybridized carbons (Fsp3) is 0.474. The zero-order valence-corrected chi connectivity index (χ0v) is 16.1. The van der Waals surface area contributed by atoms with Crippen LogP contribution in [0.25, 0.3) is 17.2 Å². The van der Waals surface area contributed by atoms with Crippen molar-refractivity contribution in [3.05, 3.63) is 29.7 Å². The van der Waals surface area contributed by atoms with Gasteiger partial charge in [0.1, 0.15) is 11.5 Å². The molecule has 0 aliphatic carbocycles. The first kappa shape index (κ1) is 17.5. The molecule has 8 nitrogen and oxygen atoms in total. The molecule has 1 saturated heterocycles. The number of carbonyl (C=O) groups is 1. The number of carbonyl (C=O) groups excluding carboxylic acids is 1. The summed E-state index contributed by atoms with van der Waals surface area (Å²) in [5.74, 6) is 2.04. The van der Waals surface area contributed by atoms with Crippen molar-refractivity contribution in [2.45, 2.75) is 33.1 Å². The highest BCUT2D eigenvalue weighted by Gasteiger charge is 2.19. The summed E-state index contributed by atoms with van der Waals surface area (Å²) in [6.07, 6.45) is 6.25. The van der Waals surface area contributed by atoms with Gasteiger partial charge in [-0.1, -0.05) is 0 Å². The van der Waals surface area contributed by atoms with Gasteiger partial charge in [-0.2, -0.15) is 9.61 Å². The normalized spacial score (nSPS) is 14.5. The van der Waals surface area contributed by atoms with Crippen LogP contribution in [0.2, 0.25) is 0 Å². The number of aryl methyl sites for hydroxylation is 2. The molecule has 3 aromatic heterocycles. The van der Waals surface area contributed by atoms with E-state index in [9.17, 15) is 4.79 Å². The summed E-state index contributed by atoms with van der Waals surface area (Å²) >= 11 is 0. The predicted molar refractivity (Wildman–Crippen MR) is 104 cm³/mol. The van der Waals surface area contributed by atoms with Crippen LogP contribution >= 0.6 is 0 Å². The average Bonchev–Trinajstić information content (AvgIpc) is 3.35. The van der Waals surface area contributed by atoms with E-state index in [-0.39, 0.29) is 5.91 Å². The Morgan fingerprint density at radius 3 is 2.85 bits per heavy atom. The minimum atomic E-state index is 0.278. The van der Waals surface area contributed by atoms with Crippen molar-refractivity contribution < 1.29 is 4.79 Å². The number of fused-ring (bicyclic) bond motifs is 1. The second-order valence-electron chi connectivity index (χ2n) is 7.10. The Bertz CT molecular complexity index is 988. The van der Waals surface area contributed by atoms with Gasteiger partial charge in [0.2, 0.25) is 5.91 Å². The maximum absolute atomic E-state index is 11.7. The second-order valence-corrected chi connectivity index (χ2v) is 7.10. The molecular formula is C19H25N7O. The number of aromatic nitrogens is 5. The van der Waals surface area contributed by atoms with Crippen LogP contribution in [0.15, 0.2) is 18.5 Å². The summed E-state index contributed by atoms with van der Waals surface area (Å²) in [7, 11) is 1.95. The predicted octanol–water partition coefficient (Wildman–Crippen LogP) is 2.17. The quantitative estimate of drug-likeness (QED) is 0.676. The Morgan fingerprint density at radius 1 is 1.30 bits per heavy atom. The van der Waals surface area contributed by atoms with Crippen molar-refractivity contribution in [1.29, 1.82) is 0 Å². The van der Waals surface area contributed by atoms with Gasteiger partial charge in [0, 0.05) is 62.8 Å². The van der Waals surface area contributed by atoms with Crippen LogP contribution in [0.1, 0.15) is 30.5 Å². The summed E-state index contributed by atoms with van der Waals surface area (Å²) in [6.45, 7) is 6.53. The van der Waals surface area contributed by atoms with Crippen molar-refractivity contribution in [2.24, 2.45) is 7.05 Å². The van der Waals surface area contributed by atoms with E-state index in [0.29, 0.717) is 6.42 Å². The lowest BCUT2D eigenvalue weighted by Gasteiger charge is -2.17. The summed E-state index contributed by atoms with van der Waals surface area (Å²) in [5.41, 5.74) is 3.65. The first-order valence-electron chi connectivity index (χ1n) is 9.41. The number of amides is 1. The van der Waals surface area contributed by atoms with Crippen LogP contribution < -0.4 is 5.32 Å². The smallest absolute Gasteiger partial charge is 0.222 e. The van der Waals surface area contributed by atoms with E-state index in [1.807, 2.05) is 40.2 Å². The molecule has 1 aliphatic heterocycles. The molecule has 1 aliphatic rings. The zero-order chi connectivity index (χ0) is 19.0. The lowest BCUT2D eigenvalue weighted by Crippen LogP contribution is -2.27. The molecule has 0 bridgehead atoms. The standard InChI is InChI=1S/C19H25N7O/c1-13-14(2)22-16-12-15(19-21-8-11-24(19)3)23-26(16)18(13)20-7-5-10-25-9-4-6-17(25)27/h8,11-12,20H,4-7,9-10H2,1-3H3. The van der Waals surface area contributed by atoms with E-state index >= 15 is 0 Å². The maximum atomic E-state index is 11.7. The second kappa shape index (κ2) is 7.02. The van der Waals surface area contributed by atoms with Crippen LogP contribution in [-0.2, 0) is 11.8 Å². The summed E-state index contributed by atoms with van der Waals surface area (Å²) < 4.78 is 3.80. The molecular weight excluding hydrogens is 342 g/mol. The van der Waals surface area contributed by atoms with Gasteiger partial charge in [-0.05, 0) is 26.7 Å². The number of anilines is 1. The van der Waals surface area contributed by atoms with E-state index in [1.54, 1.807) is 6.20 Å². The summed E-state index contributed by atoms with van der Waals surface area (Å²) in [5, 5.41) is 8.23. The molecule has 1 amide bonds. The number of likely N-dealkylation sites (tertiary alicyclic amines) is 1. The number of nitrogens with zero attached hydrogens (tertiary/aromatic N) is 6. The molecule has 0 aromatic carbocycles. The molecule has 1 N–H and O–H groups in total. The molecule has 27 heavy (non-hydrogen) atoms. The Morgan fingerprint density at radius 2 is 2.15 bits per heavy atom. The Hall–Kier alpha value is -2.90. The van der Waals surface area contributed by atoms with E-state index in [0.717, 1.165) is 66.7 Å². The molecule has 1 fully saturated rings. The Kier molecular flexibility index (Phi) is 4.55. The number of hydrogen-bond donors (Lipinski definition) is 1. The van der Waals surface area contributed by atoms with Crippen LogP contribution in [0.4, 0.5) is 5.82 Å². The van der Waals surface area contributed by atoms with Crippen LogP contribution in [0, 0.1) is 13.8 Å². The van der Waals surface area contributed by atoms with E-state index in [4.69, 9.17) is 5.10 Å². The Balaban J connectivity index is 1.55. The molecule has 0 radical (unpaired) electrons. The number of rotatable bonds is 6. The zero-order valence-electron chi connectivity index (χ0n) is 16.1. The first-order chi connectivity index (χ1) is 13.0. The van der Waals surface area contributed by atoms with Crippen LogP contribution in [0.5, 0.6) is 0 Å². The maximum Gasteiger partial charge on any atom is 0.222 e. The van der Waals surface area contributed by atoms with Crippen LogP contribution in [0.3, 0.4) is 0 Å². The van der Waals surface area contributed by atoms with Gasteiger partial charge < -0.3 is 14.8 Å². The van der Waals surface area contributed by atoms with Gasteiger partial charge in [-0.25, -0.2) is 9.97 Å². The SMILES string of the molecule is Cc1nc2cc(-c3nccn3C)nn2c(NCCCN2CCCC2=O)c1C. The highest BCUT2D eigenvalue weighted by Crippen LogP contribution is 2.23.